The maximum atomic E-state index is 15.9. The fourth-order valence-corrected chi connectivity index (χ4v) is 7.12. The third-order valence-electron chi connectivity index (χ3n) is 6.36. The topological polar surface area (TPSA) is 57.7 Å². The maximum Gasteiger partial charge on any atom is 0.166 e. The second-order valence-electron chi connectivity index (χ2n) is 9.60. The fraction of sp³-hybridized carbons (Fsp3) is 0.400. The Morgan fingerprint density at radius 1 is 1.25 bits per heavy atom. The third kappa shape index (κ3) is 3.83. The van der Waals surface area contributed by atoms with Crippen molar-refractivity contribution in [1.29, 1.82) is 0 Å². The second-order valence-corrected chi connectivity index (χ2v) is 11.8. The first kappa shape index (κ1) is 22.5. The first-order valence-electron chi connectivity index (χ1n) is 10.8. The Kier molecular flexibility index (Phi) is 5.44. The maximum absolute atomic E-state index is 15.9. The predicted octanol–water partition coefficient (Wildman–Crippen LogP) is 5.37. The van der Waals surface area contributed by atoms with Gasteiger partial charge in [-0.25, -0.2) is 12.8 Å². The van der Waals surface area contributed by atoms with Gasteiger partial charge < -0.3 is 4.90 Å². The Hall–Kier alpha value is -2.67. The zero-order valence-corrected chi connectivity index (χ0v) is 19.8. The van der Waals surface area contributed by atoms with Gasteiger partial charge in [0.25, 0.3) is 0 Å². The van der Waals surface area contributed by atoms with Gasteiger partial charge in [-0.05, 0) is 62.4 Å². The van der Waals surface area contributed by atoms with Crippen molar-refractivity contribution in [2.45, 2.75) is 46.6 Å². The molecule has 0 aromatic heterocycles. The molecule has 1 saturated heterocycles. The van der Waals surface area contributed by atoms with Crippen LogP contribution < -0.4 is 9.80 Å². The first-order chi connectivity index (χ1) is 14.9. The van der Waals surface area contributed by atoms with E-state index in [1.807, 2.05) is 54.8 Å². The summed E-state index contributed by atoms with van der Waals surface area (Å²) in [6.07, 6.45) is 0.426. The number of halogens is 1. The fourth-order valence-electron chi connectivity index (χ4n) is 4.87. The van der Waals surface area contributed by atoms with Crippen molar-refractivity contribution in [2.24, 2.45) is 5.41 Å². The van der Waals surface area contributed by atoms with Crippen LogP contribution in [-0.4, -0.2) is 31.7 Å². The monoisotopic (exact) mass is 456 g/mol. The summed E-state index contributed by atoms with van der Waals surface area (Å²) in [5.41, 5.74) is 2.27. The number of rotatable bonds is 5. The van der Waals surface area contributed by atoms with Crippen LogP contribution in [0.5, 0.6) is 0 Å². The second kappa shape index (κ2) is 7.73. The quantitative estimate of drug-likeness (QED) is 0.566. The van der Waals surface area contributed by atoms with Gasteiger partial charge in [0.15, 0.2) is 21.4 Å². The lowest BCUT2D eigenvalue weighted by atomic mass is 9.83. The van der Waals surface area contributed by atoms with Crippen LogP contribution in [0.25, 0.3) is 0 Å². The molecule has 2 aromatic rings. The molecule has 2 aromatic carbocycles. The summed E-state index contributed by atoms with van der Waals surface area (Å²) in [4.78, 5) is 16.8. The van der Waals surface area contributed by atoms with E-state index in [0.29, 0.717) is 23.6 Å². The van der Waals surface area contributed by atoms with E-state index < -0.39 is 21.1 Å². The zero-order chi connectivity index (χ0) is 23.4. The number of sulfone groups is 1. The van der Waals surface area contributed by atoms with Crippen LogP contribution in [0.3, 0.4) is 0 Å². The highest BCUT2D eigenvalue weighted by Gasteiger charge is 2.41. The lowest BCUT2D eigenvalue weighted by molar-refractivity contribution is 0.0930. The summed E-state index contributed by atoms with van der Waals surface area (Å²) in [5.74, 6) is -0.280. The highest BCUT2D eigenvalue weighted by molar-refractivity contribution is 7.91. The minimum atomic E-state index is -3.14. The number of benzene rings is 2. The normalized spacial score (nSPS) is 22.0. The van der Waals surface area contributed by atoms with E-state index in [1.165, 1.54) is 6.07 Å². The molecule has 1 atom stereocenters. The minimum Gasteiger partial charge on any atom is -0.321 e. The summed E-state index contributed by atoms with van der Waals surface area (Å²) >= 11 is 0. The van der Waals surface area contributed by atoms with Gasteiger partial charge in [-0.2, -0.15) is 0 Å². The number of ketones is 1. The molecular weight excluding hydrogens is 427 g/mol. The average Bonchev–Trinajstić information content (AvgIpc) is 3.14. The summed E-state index contributed by atoms with van der Waals surface area (Å²) in [6, 6.07) is 11.1. The van der Waals surface area contributed by atoms with E-state index in [9.17, 15) is 13.2 Å². The van der Waals surface area contributed by atoms with Gasteiger partial charge in [0.2, 0.25) is 0 Å². The van der Waals surface area contributed by atoms with E-state index in [2.05, 4.69) is 6.58 Å². The smallest absolute Gasteiger partial charge is 0.166 e. The van der Waals surface area contributed by atoms with Gasteiger partial charge in [0.1, 0.15) is 11.5 Å². The number of nitrogens with zero attached hydrogens (tertiary/aromatic N) is 2. The molecule has 1 fully saturated rings. The van der Waals surface area contributed by atoms with Crippen LogP contribution in [0.15, 0.2) is 48.8 Å². The highest BCUT2D eigenvalue weighted by Crippen LogP contribution is 2.49. The number of hydrogen-bond donors (Lipinski definition) is 0. The summed E-state index contributed by atoms with van der Waals surface area (Å²) in [6.45, 7) is 11.9. The Balaban J connectivity index is 1.76. The van der Waals surface area contributed by atoms with Crippen LogP contribution in [0.4, 0.5) is 21.5 Å². The Morgan fingerprint density at radius 2 is 1.97 bits per heavy atom. The number of Topliss-reactive ketones (excluding diaryl/α,β-unsaturated/α-hetero) is 1. The molecule has 2 heterocycles. The molecule has 5 nitrogen and oxygen atoms in total. The van der Waals surface area contributed by atoms with E-state index in [-0.39, 0.29) is 35.3 Å². The van der Waals surface area contributed by atoms with Crippen molar-refractivity contribution in [3.05, 3.63) is 65.7 Å². The van der Waals surface area contributed by atoms with Gasteiger partial charge in [-0.1, -0.05) is 25.6 Å². The first-order valence-corrected chi connectivity index (χ1v) is 12.7. The average molecular weight is 457 g/mol. The lowest BCUT2D eigenvalue weighted by Crippen LogP contribution is -2.31. The summed E-state index contributed by atoms with van der Waals surface area (Å²) in [5, 5.41) is 0. The van der Waals surface area contributed by atoms with Crippen LogP contribution in [0.1, 0.15) is 49.5 Å². The van der Waals surface area contributed by atoms with Gasteiger partial charge in [0, 0.05) is 18.2 Å². The Morgan fingerprint density at radius 3 is 2.56 bits per heavy atom. The van der Waals surface area contributed by atoms with Crippen LogP contribution in [0, 0.1) is 18.2 Å². The van der Waals surface area contributed by atoms with Crippen LogP contribution >= 0.6 is 0 Å². The molecule has 0 unspecified atom stereocenters. The molecule has 32 heavy (non-hydrogen) atoms. The Labute approximate surface area is 189 Å². The minimum absolute atomic E-state index is 0.00110. The van der Waals surface area contributed by atoms with Gasteiger partial charge in [-0.3, -0.25) is 9.69 Å². The number of anilines is 3. The standard InChI is InChI=1S/C25H29FN2O3S/c1-16(2)27-18(4)28(19-8-6-7-17(3)13-19)21-10-9-20(23(26)24(21)27)22(29)14-25(5)11-12-32(30,31)15-25/h6-10,13,16H,4,11-12,14-15H2,1-3,5H3/t25-/m0/s1. The van der Waals surface area contributed by atoms with Crippen molar-refractivity contribution in [1.82, 2.24) is 0 Å². The highest BCUT2D eigenvalue weighted by atomic mass is 32.2. The van der Waals surface area contributed by atoms with Crippen LogP contribution in [-0.2, 0) is 9.84 Å². The van der Waals surface area contributed by atoms with E-state index in [1.54, 1.807) is 13.0 Å². The molecule has 0 spiro atoms. The molecule has 2 aliphatic heterocycles. The molecular formula is C25H29FN2O3S. The molecule has 0 saturated carbocycles. The largest absolute Gasteiger partial charge is 0.321 e. The van der Waals surface area contributed by atoms with E-state index in [4.69, 9.17) is 0 Å². The van der Waals surface area contributed by atoms with E-state index in [0.717, 1.165) is 11.3 Å². The number of carbonyl (C=O) groups is 1. The SMILES string of the molecule is C=C1N(c2cccc(C)c2)c2ccc(C(=O)C[C@]3(C)CCS(=O)(=O)C3)c(F)c2N1C(C)C. The molecule has 0 N–H and O–H groups in total. The number of fused-ring (bicyclic) bond motifs is 1. The molecule has 0 aliphatic carbocycles. The number of aryl methyl sites for hydroxylation is 1. The number of carbonyl (C=O) groups excluding carboxylic acids is 1. The van der Waals surface area contributed by atoms with E-state index >= 15 is 4.39 Å². The van der Waals surface area contributed by atoms with Crippen LogP contribution in [0.2, 0.25) is 0 Å². The predicted molar refractivity (Wildman–Crippen MR) is 127 cm³/mol. The summed E-state index contributed by atoms with van der Waals surface area (Å²) < 4.78 is 39.7. The molecule has 7 heteroatoms. The Bertz CT molecular complexity index is 1220. The molecule has 0 amide bonds. The molecule has 170 valence electrons. The molecule has 0 radical (unpaired) electrons. The van der Waals surface area contributed by atoms with Gasteiger partial charge in [-0.15, -0.1) is 0 Å². The summed E-state index contributed by atoms with van der Waals surface area (Å²) in [7, 11) is -3.14. The van der Waals surface area contributed by atoms with Crippen molar-refractivity contribution < 1.29 is 17.6 Å². The molecule has 2 aliphatic rings. The van der Waals surface area contributed by atoms with Gasteiger partial charge in [0.05, 0.1) is 22.8 Å². The molecule has 0 bridgehead atoms. The third-order valence-corrected chi connectivity index (χ3v) is 8.32. The molecule has 4 rings (SSSR count). The van der Waals surface area contributed by atoms with Crippen molar-refractivity contribution in [2.75, 3.05) is 21.3 Å². The van der Waals surface area contributed by atoms with Crippen molar-refractivity contribution >= 4 is 32.7 Å². The van der Waals surface area contributed by atoms with Crippen molar-refractivity contribution in [3.8, 4) is 0 Å². The zero-order valence-electron chi connectivity index (χ0n) is 19.0. The van der Waals surface area contributed by atoms with Crippen molar-refractivity contribution in [3.63, 3.8) is 0 Å². The number of hydrogen-bond acceptors (Lipinski definition) is 5. The lowest BCUT2D eigenvalue weighted by Gasteiger charge is -2.27. The van der Waals surface area contributed by atoms with Gasteiger partial charge >= 0.3 is 0 Å².